The summed E-state index contributed by atoms with van der Waals surface area (Å²) < 4.78 is 0. The maximum Gasteiger partial charge on any atom is 0.227 e. The molecule has 2 aliphatic rings. The molecule has 3 rings (SSSR count). The lowest BCUT2D eigenvalue weighted by atomic mass is 9.95. The largest absolute Gasteiger partial charge is 0.396 e. The molecule has 2 atom stereocenters. The third-order valence-electron chi connectivity index (χ3n) is 5.57. The van der Waals surface area contributed by atoms with Gasteiger partial charge in [-0.15, -0.1) is 11.3 Å². The normalized spacial score (nSPS) is 25.0. The van der Waals surface area contributed by atoms with Gasteiger partial charge in [0.05, 0.1) is 17.4 Å². The average molecular weight is 381 g/mol. The summed E-state index contributed by atoms with van der Waals surface area (Å²) >= 11 is 1.38. The Morgan fingerprint density at radius 1 is 1.23 bits per heavy atom. The van der Waals surface area contributed by atoms with Gasteiger partial charge in [0.1, 0.15) is 0 Å². The van der Waals surface area contributed by atoms with Crippen LogP contribution in [0.25, 0.3) is 0 Å². The van der Waals surface area contributed by atoms with E-state index in [9.17, 15) is 19.8 Å². The molecule has 1 aromatic rings. The average Bonchev–Trinajstić information content (AvgIpc) is 3.24. The van der Waals surface area contributed by atoms with E-state index < -0.39 is 0 Å². The van der Waals surface area contributed by atoms with Gasteiger partial charge in [0.2, 0.25) is 5.91 Å². The summed E-state index contributed by atoms with van der Waals surface area (Å²) in [5, 5.41) is 21.2. The Morgan fingerprint density at radius 3 is 2.54 bits per heavy atom. The van der Waals surface area contributed by atoms with Crippen molar-refractivity contribution < 1.29 is 19.8 Å². The number of aliphatic hydroxyl groups excluding tert-OH is 2. The van der Waals surface area contributed by atoms with Crippen molar-refractivity contribution in [2.45, 2.75) is 32.3 Å². The van der Waals surface area contributed by atoms with Crippen LogP contribution in [0.1, 0.15) is 35.0 Å². The fourth-order valence-electron chi connectivity index (χ4n) is 3.93. The number of amides is 1. The van der Waals surface area contributed by atoms with Crippen LogP contribution < -0.4 is 0 Å². The molecule has 2 saturated heterocycles. The number of hydrogen-bond donors (Lipinski definition) is 2. The van der Waals surface area contributed by atoms with Crippen molar-refractivity contribution in [2.75, 3.05) is 39.3 Å². The number of ketones is 1. The van der Waals surface area contributed by atoms with Crippen LogP contribution in [-0.2, 0) is 11.2 Å². The van der Waals surface area contributed by atoms with Gasteiger partial charge < -0.3 is 20.0 Å². The number of Topliss-reactive ketones (excluding diaryl/α,β-unsaturated/α-hetero) is 1. The quantitative estimate of drug-likeness (QED) is 0.720. The molecule has 144 valence electrons. The van der Waals surface area contributed by atoms with E-state index in [2.05, 4.69) is 4.90 Å². The zero-order valence-electron chi connectivity index (χ0n) is 15.3. The number of thiophene rings is 1. The van der Waals surface area contributed by atoms with Gasteiger partial charge >= 0.3 is 0 Å². The first-order chi connectivity index (χ1) is 12.5. The lowest BCUT2D eigenvalue weighted by Gasteiger charge is -2.32. The van der Waals surface area contributed by atoms with Crippen LogP contribution in [-0.4, -0.2) is 77.1 Å². The van der Waals surface area contributed by atoms with Crippen molar-refractivity contribution >= 4 is 23.0 Å². The van der Waals surface area contributed by atoms with Crippen LogP contribution in [0.15, 0.2) is 11.4 Å². The zero-order chi connectivity index (χ0) is 18.7. The molecular formula is C19H28N2O4S. The van der Waals surface area contributed by atoms with Gasteiger partial charge in [-0.1, -0.05) is 0 Å². The highest BCUT2D eigenvalue weighted by atomic mass is 32.1. The van der Waals surface area contributed by atoms with Gasteiger partial charge in [-0.3, -0.25) is 9.59 Å². The number of hydrogen-bond acceptors (Lipinski definition) is 6. The number of nitrogens with zero attached hydrogens (tertiary/aromatic N) is 2. The highest BCUT2D eigenvalue weighted by Gasteiger charge is 2.36. The highest BCUT2D eigenvalue weighted by Crippen LogP contribution is 2.26. The lowest BCUT2D eigenvalue weighted by Crippen LogP contribution is -2.40. The number of carbonyl (C=O) groups is 2. The Labute approximate surface area is 158 Å². The summed E-state index contributed by atoms with van der Waals surface area (Å²) in [6.45, 7) is 5.53. The van der Waals surface area contributed by atoms with Gasteiger partial charge in [-0.05, 0) is 42.7 Å². The maximum atomic E-state index is 12.7. The molecule has 1 aromatic heterocycles. The molecule has 0 bridgehead atoms. The molecule has 2 fully saturated rings. The number of likely N-dealkylation sites (tertiary alicyclic amines) is 2. The van der Waals surface area contributed by atoms with E-state index >= 15 is 0 Å². The number of piperidine rings is 1. The van der Waals surface area contributed by atoms with Gasteiger partial charge in [0.15, 0.2) is 5.78 Å². The van der Waals surface area contributed by atoms with Crippen LogP contribution in [0, 0.1) is 11.8 Å². The molecule has 2 aliphatic heterocycles. The molecule has 7 heteroatoms. The summed E-state index contributed by atoms with van der Waals surface area (Å²) in [4.78, 5) is 28.9. The monoisotopic (exact) mass is 380 g/mol. The van der Waals surface area contributed by atoms with Gasteiger partial charge in [0, 0.05) is 45.2 Å². The lowest BCUT2D eigenvalue weighted by molar-refractivity contribution is -0.129. The number of aliphatic hydroxyl groups is 2. The van der Waals surface area contributed by atoms with Crippen LogP contribution in [0.2, 0.25) is 0 Å². The van der Waals surface area contributed by atoms with Crippen molar-refractivity contribution in [3.63, 3.8) is 0 Å². The summed E-state index contributed by atoms with van der Waals surface area (Å²) in [5.41, 5.74) is 0.888. The Kier molecular flexibility index (Phi) is 6.45. The van der Waals surface area contributed by atoms with Gasteiger partial charge in [-0.25, -0.2) is 0 Å². The minimum Gasteiger partial charge on any atom is -0.396 e. The van der Waals surface area contributed by atoms with Crippen LogP contribution in [0.3, 0.4) is 0 Å². The minimum atomic E-state index is -0.188. The fourth-order valence-corrected chi connectivity index (χ4v) is 4.74. The second kappa shape index (κ2) is 8.61. The molecule has 0 saturated carbocycles. The van der Waals surface area contributed by atoms with E-state index in [0.29, 0.717) is 24.4 Å². The topological polar surface area (TPSA) is 81.1 Å². The summed E-state index contributed by atoms with van der Waals surface area (Å²) in [5.74, 6) is 0.477. The third kappa shape index (κ3) is 4.71. The van der Waals surface area contributed by atoms with Crippen molar-refractivity contribution in [3.8, 4) is 0 Å². The molecule has 0 aromatic carbocycles. The molecule has 3 heterocycles. The summed E-state index contributed by atoms with van der Waals surface area (Å²) in [6, 6.07) is 1.81. The molecule has 0 aliphatic carbocycles. The highest BCUT2D eigenvalue weighted by molar-refractivity contribution is 7.12. The standard InChI is InChI=1S/C19H28N2O4S/c1-13(23)18-6-14(12-26-18)7-19(25)21-9-15(16(10-21)11-22)8-20-4-2-17(24)3-5-20/h6,12,15-17,22,24H,2-5,7-11H2,1H3/t15-,16-/m1/s1. The molecule has 26 heavy (non-hydrogen) atoms. The number of carbonyl (C=O) groups excluding carboxylic acids is 2. The van der Waals surface area contributed by atoms with Crippen molar-refractivity contribution in [2.24, 2.45) is 11.8 Å². The van der Waals surface area contributed by atoms with E-state index in [4.69, 9.17) is 0 Å². The molecule has 2 N–H and O–H groups in total. The first kappa shape index (κ1) is 19.5. The predicted molar refractivity (Wildman–Crippen MR) is 100 cm³/mol. The third-order valence-corrected chi connectivity index (χ3v) is 6.65. The summed E-state index contributed by atoms with van der Waals surface area (Å²) in [7, 11) is 0. The Morgan fingerprint density at radius 2 is 1.92 bits per heavy atom. The van der Waals surface area contributed by atoms with E-state index in [0.717, 1.165) is 38.0 Å². The minimum absolute atomic E-state index is 0.0296. The Balaban J connectivity index is 1.55. The second-order valence-corrected chi connectivity index (χ2v) is 8.50. The van der Waals surface area contributed by atoms with Gasteiger partial charge in [-0.2, -0.15) is 0 Å². The smallest absolute Gasteiger partial charge is 0.227 e. The van der Waals surface area contributed by atoms with E-state index in [-0.39, 0.29) is 36.2 Å². The van der Waals surface area contributed by atoms with Crippen LogP contribution in [0.4, 0.5) is 0 Å². The molecule has 0 spiro atoms. The maximum absolute atomic E-state index is 12.7. The van der Waals surface area contributed by atoms with E-state index in [1.54, 1.807) is 6.07 Å². The van der Waals surface area contributed by atoms with Crippen LogP contribution >= 0.6 is 11.3 Å². The molecule has 0 unspecified atom stereocenters. The molecule has 6 nitrogen and oxygen atoms in total. The van der Waals surface area contributed by atoms with Crippen molar-refractivity contribution in [3.05, 3.63) is 21.9 Å². The zero-order valence-corrected chi connectivity index (χ0v) is 16.1. The Hall–Kier alpha value is -1.28. The van der Waals surface area contributed by atoms with Gasteiger partial charge in [0.25, 0.3) is 0 Å². The number of rotatable bonds is 6. The SMILES string of the molecule is CC(=O)c1cc(CC(=O)N2C[C@@H](CN3CCC(O)CC3)[C@@H](CO)C2)cs1. The Bertz CT molecular complexity index is 639. The second-order valence-electron chi connectivity index (χ2n) is 7.59. The predicted octanol–water partition coefficient (Wildman–Crippen LogP) is 1.02. The van der Waals surface area contributed by atoms with Crippen molar-refractivity contribution in [1.29, 1.82) is 0 Å². The van der Waals surface area contributed by atoms with E-state index in [1.165, 1.54) is 18.3 Å². The van der Waals surface area contributed by atoms with Crippen LogP contribution in [0.5, 0.6) is 0 Å². The first-order valence-electron chi connectivity index (χ1n) is 9.33. The fraction of sp³-hybridized carbons (Fsp3) is 0.684. The first-order valence-corrected chi connectivity index (χ1v) is 10.2. The molecular weight excluding hydrogens is 352 g/mol. The molecule has 1 amide bonds. The molecule has 0 radical (unpaired) electrons. The summed E-state index contributed by atoms with van der Waals surface area (Å²) in [6.07, 6.45) is 1.72. The van der Waals surface area contributed by atoms with E-state index in [1.807, 2.05) is 10.3 Å². The van der Waals surface area contributed by atoms with Crippen molar-refractivity contribution in [1.82, 2.24) is 9.80 Å².